The Morgan fingerprint density at radius 3 is 2.48 bits per heavy atom. The van der Waals surface area contributed by atoms with Gasteiger partial charge in [0.2, 0.25) is 5.91 Å². The number of piperidine rings is 1. The smallest absolute Gasteiger partial charge is 0.222 e. The van der Waals surface area contributed by atoms with Crippen LogP contribution in [0.25, 0.3) is 0 Å². The van der Waals surface area contributed by atoms with E-state index >= 15 is 0 Å². The number of likely N-dealkylation sites (tertiary alicyclic amines) is 1. The number of amides is 1. The van der Waals surface area contributed by atoms with E-state index < -0.39 is 0 Å². The highest BCUT2D eigenvalue weighted by Crippen LogP contribution is 2.28. The molecule has 0 bridgehead atoms. The molecule has 1 aliphatic rings. The van der Waals surface area contributed by atoms with E-state index in [1.807, 2.05) is 18.7 Å². The molecule has 2 aromatic heterocycles. The molecule has 4 rings (SSSR count). The largest absolute Gasteiger partial charge is 0.343 e. The third-order valence-corrected chi connectivity index (χ3v) is 6.42. The Morgan fingerprint density at radius 1 is 1.06 bits per heavy atom. The highest BCUT2D eigenvalue weighted by molar-refractivity contribution is 5.76. The summed E-state index contributed by atoms with van der Waals surface area (Å²) < 4.78 is 0. The Balaban J connectivity index is 1.34. The maximum atomic E-state index is 12.8. The second-order valence-corrected chi connectivity index (χ2v) is 8.77. The van der Waals surface area contributed by atoms with Crippen LogP contribution in [0.2, 0.25) is 0 Å². The molecule has 5 heteroatoms. The lowest BCUT2D eigenvalue weighted by Gasteiger charge is -2.32. The van der Waals surface area contributed by atoms with Crippen LogP contribution < -0.4 is 0 Å². The van der Waals surface area contributed by atoms with E-state index in [1.165, 1.54) is 22.4 Å². The predicted octanol–water partition coefficient (Wildman–Crippen LogP) is 4.66. The number of rotatable bonds is 6. The SMILES string of the molecule is Cc1cc(Cc2ccccc2)cc(C2CCN(C(=O)CCc3c(C)n[nH]c3C)CC2)n1. The molecule has 0 saturated carbocycles. The average molecular weight is 417 g/mol. The zero-order valence-corrected chi connectivity index (χ0v) is 18.8. The van der Waals surface area contributed by atoms with Gasteiger partial charge < -0.3 is 4.90 Å². The molecule has 5 nitrogen and oxygen atoms in total. The molecule has 0 spiro atoms. The molecule has 0 aliphatic carbocycles. The molecule has 0 atom stereocenters. The molecule has 0 unspecified atom stereocenters. The topological polar surface area (TPSA) is 61.9 Å². The standard InChI is InChI=1S/C26H32N4O/c1-18-15-22(16-21-7-5-4-6-8-21)17-25(27-18)23-11-13-30(14-12-23)26(31)10-9-24-19(2)28-29-20(24)3/h4-8,15,17,23H,9-14,16H2,1-3H3,(H,28,29). The molecule has 0 radical (unpaired) electrons. The Bertz CT molecular complexity index is 1010. The van der Waals surface area contributed by atoms with Crippen molar-refractivity contribution in [3.05, 3.63) is 81.9 Å². The summed E-state index contributed by atoms with van der Waals surface area (Å²) in [5.74, 6) is 0.678. The zero-order chi connectivity index (χ0) is 21.8. The summed E-state index contributed by atoms with van der Waals surface area (Å²) in [6, 6.07) is 15.0. The first-order chi connectivity index (χ1) is 15.0. The van der Waals surface area contributed by atoms with Gasteiger partial charge in [0.05, 0.1) is 5.69 Å². The number of pyridine rings is 1. The summed E-state index contributed by atoms with van der Waals surface area (Å²) in [6.45, 7) is 7.73. The van der Waals surface area contributed by atoms with Crippen LogP contribution in [0.5, 0.6) is 0 Å². The van der Waals surface area contributed by atoms with Gasteiger partial charge in [-0.15, -0.1) is 0 Å². The Morgan fingerprint density at radius 2 is 1.81 bits per heavy atom. The quantitative estimate of drug-likeness (QED) is 0.636. The second kappa shape index (κ2) is 9.46. The zero-order valence-electron chi connectivity index (χ0n) is 18.8. The minimum absolute atomic E-state index is 0.250. The molecule has 31 heavy (non-hydrogen) atoms. The number of nitrogens with one attached hydrogen (secondary N) is 1. The third kappa shape index (κ3) is 5.22. The van der Waals surface area contributed by atoms with E-state index in [0.29, 0.717) is 12.3 Å². The van der Waals surface area contributed by atoms with Crippen LogP contribution in [-0.2, 0) is 17.6 Å². The predicted molar refractivity (Wildman–Crippen MR) is 123 cm³/mol. The van der Waals surface area contributed by atoms with Crippen LogP contribution in [-0.4, -0.2) is 39.1 Å². The van der Waals surface area contributed by atoms with Crippen molar-refractivity contribution in [1.82, 2.24) is 20.1 Å². The molecule has 162 valence electrons. The van der Waals surface area contributed by atoms with E-state index in [-0.39, 0.29) is 5.91 Å². The maximum Gasteiger partial charge on any atom is 0.222 e. The van der Waals surface area contributed by atoms with Crippen molar-refractivity contribution in [1.29, 1.82) is 0 Å². The lowest BCUT2D eigenvalue weighted by Crippen LogP contribution is -2.38. The first-order valence-electron chi connectivity index (χ1n) is 11.3. The van der Waals surface area contributed by atoms with Gasteiger partial charge in [-0.2, -0.15) is 5.10 Å². The molecular formula is C26H32N4O. The minimum atomic E-state index is 0.250. The molecule has 1 amide bonds. The summed E-state index contributed by atoms with van der Waals surface area (Å²) in [6.07, 6.45) is 4.21. The molecular weight excluding hydrogens is 384 g/mol. The molecule has 1 N–H and O–H groups in total. The van der Waals surface area contributed by atoms with Gasteiger partial charge in [-0.05, 0) is 75.3 Å². The summed E-state index contributed by atoms with van der Waals surface area (Å²) in [4.78, 5) is 19.6. The van der Waals surface area contributed by atoms with E-state index in [2.05, 4.69) is 59.6 Å². The Kier molecular flexibility index (Phi) is 6.50. The number of carbonyl (C=O) groups excluding carboxylic acids is 1. The van der Waals surface area contributed by atoms with E-state index in [0.717, 1.165) is 55.9 Å². The van der Waals surface area contributed by atoms with Gasteiger partial charge in [0.25, 0.3) is 0 Å². The number of nitrogens with zero attached hydrogens (tertiary/aromatic N) is 3. The fourth-order valence-corrected chi connectivity index (χ4v) is 4.67. The molecule has 3 aromatic rings. The van der Waals surface area contributed by atoms with Gasteiger partial charge >= 0.3 is 0 Å². The summed E-state index contributed by atoms with van der Waals surface area (Å²) in [7, 11) is 0. The third-order valence-electron chi connectivity index (χ3n) is 6.42. The number of aryl methyl sites for hydroxylation is 3. The van der Waals surface area contributed by atoms with Gasteiger partial charge in [0, 0.05) is 42.5 Å². The number of aromatic nitrogens is 3. The number of hydrogen-bond donors (Lipinski definition) is 1. The number of hydrogen-bond acceptors (Lipinski definition) is 3. The molecule has 3 heterocycles. The van der Waals surface area contributed by atoms with Crippen LogP contribution in [0.3, 0.4) is 0 Å². The van der Waals surface area contributed by atoms with Crippen LogP contribution in [0.15, 0.2) is 42.5 Å². The van der Waals surface area contributed by atoms with Crippen molar-refractivity contribution in [3.63, 3.8) is 0 Å². The van der Waals surface area contributed by atoms with Crippen molar-refractivity contribution in [2.24, 2.45) is 0 Å². The van der Waals surface area contributed by atoms with Crippen molar-refractivity contribution < 1.29 is 4.79 Å². The van der Waals surface area contributed by atoms with Gasteiger partial charge in [-0.25, -0.2) is 0 Å². The van der Waals surface area contributed by atoms with Crippen LogP contribution >= 0.6 is 0 Å². The first kappa shape index (κ1) is 21.3. The minimum Gasteiger partial charge on any atom is -0.343 e. The maximum absolute atomic E-state index is 12.8. The number of carbonyl (C=O) groups is 1. The highest BCUT2D eigenvalue weighted by Gasteiger charge is 2.25. The second-order valence-electron chi connectivity index (χ2n) is 8.77. The van der Waals surface area contributed by atoms with E-state index in [9.17, 15) is 4.79 Å². The summed E-state index contributed by atoms with van der Waals surface area (Å²) in [5, 5.41) is 7.24. The average Bonchev–Trinajstić information content (AvgIpc) is 3.09. The molecule has 1 saturated heterocycles. The highest BCUT2D eigenvalue weighted by atomic mass is 16.2. The molecule has 1 aliphatic heterocycles. The van der Waals surface area contributed by atoms with Crippen molar-refractivity contribution in [2.75, 3.05) is 13.1 Å². The lowest BCUT2D eigenvalue weighted by atomic mass is 9.91. The molecule has 1 aromatic carbocycles. The summed E-state index contributed by atoms with van der Waals surface area (Å²) in [5.41, 5.74) is 8.15. The van der Waals surface area contributed by atoms with Crippen molar-refractivity contribution in [3.8, 4) is 0 Å². The van der Waals surface area contributed by atoms with Gasteiger partial charge in [-0.1, -0.05) is 30.3 Å². The monoisotopic (exact) mass is 416 g/mol. The van der Waals surface area contributed by atoms with Crippen molar-refractivity contribution >= 4 is 5.91 Å². The normalized spacial score (nSPS) is 14.7. The van der Waals surface area contributed by atoms with Crippen LogP contribution in [0.4, 0.5) is 0 Å². The fourth-order valence-electron chi connectivity index (χ4n) is 4.67. The van der Waals surface area contributed by atoms with Gasteiger partial charge in [0.15, 0.2) is 0 Å². The first-order valence-corrected chi connectivity index (χ1v) is 11.3. The Hall–Kier alpha value is -2.95. The number of benzene rings is 1. The summed E-state index contributed by atoms with van der Waals surface area (Å²) >= 11 is 0. The van der Waals surface area contributed by atoms with E-state index in [1.54, 1.807) is 0 Å². The lowest BCUT2D eigenvalue weighted by molar-refractivity contribution is -0.132. The van der Waals surface area contributed by atoms with Gasteiger partial charge in [0.1, 0.15) is 0 Å². The number of aromatic amines is 1. The van der Waals surface area contributed by atoms with Gasteiger partial charge in [-0.3, -0.25) is 14.9 Å². The molecule has 1 fully saturated rings. The number of H-pyrrole nitrogens is 1. The Labute approximate surface area is 184 Å². The van der Waals surface area contributed by atoms with Crippen molar-refractivity contribution in [2.45, 2.75) is 58.8 Å². The fraction of sp³-hybridized carbons (Fsp3) is 0.423. The van der Waals surface area contributed by atoms with Crippen LogP contribution in [0.1, 0.15) is 64.6 Å². The van der Waals surface area contributed by atoms with Crippen LogP contribution in [0, 0.1) is 20.8 Å². The van der Waals surface area contributed by atoms with E-state index in [4.69, 9.17) is 4.98 Å².